The number of hydrogen-bond donors (Lipinski definition) is 0. The maximum absolute atomic E-state index is 12.8. The topological polar surface area (TPSA) is 36.4 Å². The lowest BCUT2D eigenvalue weighted by atomic mass is 10.0. The van der Waals surface area contributed by atoms with Crippen molar-refractivity contribution in [2.24, 2.45) is 0 Å². The second kappa shape index (κ2) is 6.51. The van der Waals surface area contributed by atoms with E-state index >= 15 is 0 Å². The molecule has 0 radical (unpaired) electrons. The Bertz CT molecular complexity index is 771. The fourth-order valence-corrected chi connectivity index (χ4v) is 4.14. The number of para-hydroxylation sites is 1. The van der Waals surface area contributed by atoms with Gasteiger partial charge in [-0.25, -0.2) is 4.98 Å². The van der Waals surface area contributed by atoms with Gasteiger partial charge < -0.3 is 9.80 Å². The Labute approximate surface area is 149 Å². The molecule has 2 aliphatic heterocycles. The normalized spacial score (nSPS) is 22.8. The number of rotatable bonds is 2. The molecule has 4 rings (SSSR count). The molecule has 1 aromatic heterocycles. The minimum atomic E-state index is 0.112. The molecule has 25 heavy (non-hydrogen) atoms. The van der Waals surface area contributed by atoms with Crippen LogP contribution in [0, 0.1) is 0 Å². The number of hydrogen-bond acceptors (Lipinski definition) is 3. The van der Waals surface area contributed by atoms with Crippen LogP contribution in [0.2, 0.25) is 0 Å². The zero-order valence-corrected chi connectivity index (χ0v) is 15.0. The molecule has 0 spiro atoms. The number of fused-ring (bicyclic) bond motifs is 1. The van der Waals surface area contributed by atoms with Crippen LogP contribution in [-0.2, 0) is 6.42 Å². The van der Waals surface area contributed by atoms with Crippen LogP contribution in [0.25, 0.3) is 0 Å². The van der Waals surface area contributed by atoms with Gasteiger partial charge in [0.25, 0.3) is 5.91 Å². The molecule has 0 saturated carbocycles. The minimum absolute atomic E-state index is 0.112. The number of pyridine rings is 1. The maximum atomic E-state index is 12.8. The monoisotopic (exact) mass is 335 g/mol. The van der Waals surface area contributed by atoms with Gasteiger partial charge >= 0.3 is 0 Å². The highest BCUT2D eigenvalue weighted by atomic mass is 16.2. The van der Waals surface area contributed by atoms with E-state index in [0.29, 0.717) is 17.6 Å². The van der Waals surface area contributed by atoms with E-state index in [1.165, 1.54) is 17.7 Å². The number of nitrogens with zero attached hydrogens (tertiary/aromatic N) is 3. The van der Waals surface area contributed by atoms with Gasteiger partial charge in [-0.15, -0.1) is 0 Å². The quantitative estimate of drug-likeness (QED) is 0.826. The average Bonchev–Trinajstić information content (AvgIpc) is 2.97. The number of amides is 1. The summed E-state index contributed by atoms with van der Waals surface area (Å²) >= 11 is 0. The lowest BCUT2D eigenvalue weighted by Crippen LogP contribution is -2.42. The van der Waals surface area contributed by atoms with Crippen molar-refractivity contribution in [2.75, 3.05) is 11.4 Å². The number of anilines is 2. The summed E-state index contributed by atoms with van der Waals surface area (Å²) in [5.41, 5.74) is 3.28. The SMILES string of the molecule is CC1CCCCN1C(=O)c1ccc(N2c3ccccc3CC2C)nc1. The van der Waals surface area contributed by atoms with Gasteiger partial charge in [-0.1, -0.05) is 18.2 Å². The Morgan fingerprint density at radius 3 is 2.68 bits per heavy atom. The Morgan fingerprint density at radius 2 is 1.92 bits per heavy atom. The lowest BCUT2D eigenvalue weighted by Gasteiger charge is -2.33. The highest BCUT2D eigenvalue weighted by Gasteiger charge is 2.28. The van der Waals surface area contributed by atoms with Crippen molar-refractivity contribution < 1.29 is 4.79 Å². The molecule has 1 aromatic carbocycles. The number of carbonyl (C=O) groups is 1. The van der Waals surface area contributed by atoms with Gasteiger partial charge in [0.2, 0.25) is 0 Å². The second-order valence-electron chi connectivity index (χ2n) is 7.30. The lowest BCUT2D eigenvalue weighted by molar-refractivity contribution is 0.0635. The van der Waals surface area contributed by atoms with Gasteiger partial charge in [-0.2, -0.15) is 0 Å². The maximum Gasteiger partial charge on any atom is 0.255 e. The third-order valence-electron chi connectivity index (χ3n) is 5.51. The summed E-state index contributed by atoms with van der Waals surface area (Å²) in [6.07, 6.45) is 6.19. The van der Waals surface area contributed by atoms with Crippen LogP contribution in [-0.4, -0.2) is 34.4 Å². The highest BCUT2D eigenvalue weighted by Crippen LogP contribution is 2.37. The number of benzene rings is 1. The predicted octanol–water partition coefficient (Wildman–Crippen LogP) is 4.18. The molecule has 0 aliphatic carbocycles. The third-order valence-corrected chi connectivity index (χ3v) is 5.51. The van der Waals surface area contributed by atoms with Crippen molar-refractivity contribution in [1.29, 1.82) is 0 Å². The Hall–Kier alpha value is -2.36. The van der Waals surface area contributed by atoms with Crippen LogP contribution in [0.5, 0.6) is 0 Å². The van der Waals surface area contributed by atoms with Gasteiger partial charge in [0.1, 0.15) is 5.82 Å². The summed E-state index contributed by atoms with van der Waals surface area (Å²) in [5, 5.41) is 0. The summed E-state index contributed by atoms with van der Waals surface area (Å²) in [6.45, 7) is 5.22. The number of carbonyl (C=O) groups excluding carboxylic acids is 1. The second-order valence-corrected chi connectivity index (χ2v) is 7.30. The molecule has 4 heteroatoms. The molecule has 4 nitrogen and oxygen atoms in total. The molecule has 2 atom stereocenters. The summed E-state index contributed by atoms with van der Waals surface area (Å²) in [7, 11) is 0. The number of piperidine rings is 1. The average molecular weight is 335 g/mol. The summed E-state index contributed by atoms with van der Waals surface area (Å²) in [5.74, 6) is 1.03. The molecule has 2 aromatic rings. The first-order valence-electron chi connectivity index (χ1n) is 9.29. The van der Waals surface area contributed by atoms with E-state index < -0.39 is 0 Å². The van der Waals surface area contributed by atoms with Crippen LogP contribution in [0.1, 0.15) is 49.0 Å². The highest BCUT2D eigenvalue weighted by molar-refractivity contribution is 5.94. The summed E-state index contributed by atoms with van der Waals surface area (Å²) < 4.78 is 0. The van der Waals surface area contributed by atoms with E-state index in [-0.39, 0.29) is 5.91 Å². The molecule has 0 bridgehead atoms. The molecule has 0 N–H and O–H groups in total. The first-order valence-corrected chi connectivity index (χ1v) is 9.29. The predicted molar refractivity (Wildman–Crippen MR) is 100 cm³/mol. The van der Waals surface area contributed by atoms with Crippen LogP contribution in [0.4, 0.5) is 11.5 Å². The van der Waals surface area contributed by atoms with Gasteiger partial charge in [-0.05, 0) is 63.3 Å². The molecule has 1 fully saturated rings. The van der Waals surface area contributed by atoms with Crippen molar-refractivity contribution in [1.82, 2.24) is 9.88 Å². The van der Waals surface area contributed by atoms with Gasteiger partial charge in [0, 0.05) is 30.5 Å². The molecular weight excluding hydrogens is 310 g/mol. The van der Waals surface area contributed by atoms with Crippen LogP contribution < -0.4 is 4.90 Å². The molecule has 3 heterocycles. The molecule has 2 unspecified atom stereocenters. The van der Waals surface area contributed by atoms with E-state index in [0.717, 1.165) is 31.6 Å². The number of likely N-dealkylation sites (tertiary alicyclic amines) is 1. The van der Waals surface area contributed by atoms with E-state index in [9.17, 15) is 4.79 Å². The Morgan fingerprint density at radius 1 is 1.08 bits per heavy atom. The minimum Gasteiger partial charge on any atom is -0.336 e. The zero-order chi connectivity index (χ0) is 17.4. The van der Waals surface area contributed by atoms with Crippen molar-refractivity contribution in [2.45, 2.75) is 51.6 Å². The van der Waals surface area contributed by atoms with Crippen molar-refractivity contribution >= 4 is 17.4 Å². The molecule has 130 valence electrons. The van der Waals surface area contributed by atoms with Crippen LogP contribution in [0.15, 0.2) is 42.6 Å². The van der Waals surface area contributed by atoms with Gasteiger partial charge in [0.15, 0.2) is 0 Å². The first-order chi connectivity index (χ1) is 12.1. The molecule has 1 saturated heterocycles. The van der Waals surface area contributed by atoms with E-state index in [1.54, 1.807) is 6.20 Å². The zero-order valence-electron chi connectivity index (χ0n) is 15.0. The third kappa shape index (κ3) is 2.90. The van der Waals surface area contributed by atoms with E-state index in [1.807, 2.05) is 17.0 Å². The molecular formula is C21H25N3O. The first kappa shape index (κ1) is 16.1. The van der Waals surface area contributed by atoms with Crippen LogP contribution >= 0.6 is 0 Å². The number of aromatic nitrogens is 1. The van der Waals surface area contributed by atoms with Gasteiger partial charge in [-0.3, -0.25) is 4.79 Å². The Kier molecular flexibility index (Phi) is 4.20. The smallest absolute Gasteiger partial charge is 0.255 e. The molecule has 1 amide bonds. The largest absolute Gasteiger partial charge is 0.336 e. The van der Waals surface area contributed by atoms with Crippen molar-refractivity contribution in [3.63, 3.8) is 0 Å². The standard InChI is InChI=1S/C21H25N3O/c1-15-7-5-6-12-23(15)21(25)18-10-11-20(22-14-18)24-16(2)13-17-8-3-4-9-19(17)24/h3-4,8-11,14-16H,5-7,12-13H2,1-2H3. The molecule has 2 aliphatic rings. The van der Waals surface area contributed by atoms with E-state index in [2.05, 4.69) is 48.0 Å². The fourth-order valence-electron chi connectivity index (χ4n) is 4.14. The Balaban J connectivity index is 1.57. The fraction of sp³-hybridized carbons (Fsp3) is 0.429. The van der Waals surface area contributed by atoms with Gasteiger partial charge in [0.05, 0.1) is 5.56 Å². The summed E-state index contributed by atoms with van der Waals surface area (Å²) in [6, 6.07) is 13.1. The van der Waals surface area contributed by atoms with E-state index in [4.69, 9.17) is 0 Å². The summed E-state index contributed by atoms with van der Waals surface area (Å²) in [4.78, 5) is 21.7. The van der Waals surface area contributed by atoms with Crippen LogP contribution in [0.3, 0.4) is 0 Å². The van der Waals surface area contributed by atoms with Crippen molar-refractivity contribution in [3.8, 4) is 0 Å². The van der Waals surface area contributed by atoms with Crippen molar-refractivity contribution in [3.05, 3.63) is 53.7 Å².